The molecule has 0 radical (unpaired) electrons. The van der Waals surface area contributed by atoms with Crippen LogP contribution in [-0.4, -0.2) is 4.57 Å². The quantitative estimate of drug-likeness (QED) is 0.601. The monoisotopic (exact) mass is 247 g/mol. The van der Waals surface area contributed by atoms with Crippen molar-refractivity contribution in [3.63, 3.8) is 0 Å². The summed E-state index contributed by atoms with van der Waals surface area (Å²) in [5.41, 5.74) is 0. The second-order valence-corrected chi connectivity index (χ2v) is 6.11. The van der Waals surface area contributed by atoms with Gasteiger partial charge in [-0.15, -0.1) is 11.3 Å². The average molecular weight is 247 g/mol. The molecule has 0 amide bonds. The van der Waals surface area contributed by atoms with Gasteiger partial charge in [0.05, 0.1) is 6.54 Å². The summed E-state index contributed by atoms with van der Waals surface area (Å²) < 4.78 is 2.31. The fraction of sp³-hybridized carbons (Fsp3) is 0.143. The number of aromatic nitrogens is 1. The normalized spacial score (nSPS) is 10.5. The van der Waals surface area contributed by atoms with Crippen LogP contribution in [0.5, 0.6) is 0 Å². The Balaban J connectivity index is 2.38. The van der Waals surface area contributed by atoms with E-state index in [-0.39, 0.29) is 4.87 Å². The first-order valence-corrected chi connectivity index (χ1v) is 6.93. The number of thiophene rings is 1. The third-order valence-electron chi connectivity index (χ3n) is 1.52. The van der Waals surface area contributed by atoms with Crippen molar-refractivity contribution in [3.8, 4) is 0 Å². The Morgan fingerprint density at radius 1 is 1.46 bits per heavy atom. The summed E-state index contributed by atoms with van der Waals surface area (Å²) in [6.07, 6.45) is 0. The van der Waals surface area contributed by atoms with Crippen LogP contribution in [0.3, 0.4) is 0 Å². The highest BCUT2D eigenvalue weighted by Crippen LogP contribution is 2.12. The zero-order chi connectivity index (χ0) is 9.26. The first-order chi connectivity index (χ1) is 6.27. The van der Waals surface area contributed by atoms with Gasteiger partial charge in [-0.25, -0.2) is 0 Å². The molecule has 13 heavy (non-hydrogen) atoms. The minimum absolute atomic E-state index is 0.0448. The summed E-state index contributed by atoms with van der Waals surface area (Å²) in [7, 11) is 2.57. The Hall–Kier alpha value is -0.300. The van der Waals surface area contributed by atoms with Gasteiger partial charge in [-0.1, -0.05) is 6.07 Å². The molecule has 0 unspecified atom stereocenters. The molecule has 2 nitrogen and oxygen atoms in total. The first kappa shape index (κ1) is 9.26. The molecule has 2 aromatic rings. The van der Waals surface area contributed by atoms with E-state index in [0.717, 1.165) is 0 Å². The number of nitrogens with zero attached hydrogens (tertiary/aromatic N) is 1. The minimum Gasteiger partial charge on any atom is -0.276 e. The van der Waals surface area contributed by atoms with Gasteiger partial charge < -0.3 is 0 Å². The van der Waals surface area contributed by atoms with Crippen molar-refractivity contribution in [2.24, 2.45) is 0 Å². The molecule has 0 saturated heterocycles. The van der Waals surface area contributed by atoms with Gasteiger partial charge >= 0.3 is 4.87 Å². The third kappa shape index (κ3) is 1.96. The standard InChI is InChI=1S/C7H5NOS4/c9-6-8(7(10)13-12-6)4-5-2-1-3-11-5/h1-3H,4H2. The van der Waals surface area contributed by atoms with Crippen molar-refractivity contribution in [3.05, 3.63) is 36.0 Å². The lowest BCUT2D eigenvalue weighted by Gasteiger charge is -1.95. The Morgan fingerprint density at radius 3 is 2.85 bits per heavy atom. The Bertz CT molecular complexity index is 462. The highest BCUT2D eigenvalue weighted by molar-refractivity contribution is 7.79. The predicted molar refractivity (Wildman–Crippen MR) is 60.7 cm³/mol. The van der Waals surface area contributed by atoms with E-state index in [1.54, 1.807) is 15.9 Å². The molecule has 0 saturated carbocycles. The molecule has 0 aromatic carbocycles. The highest BCUT2D eigenvalue weighted by atomic mass is 32.9. The fourth-order valence-electron chi connectivity index (χ4n) is 0.923. The molecule has 2 heterocycles. The van der Waals surface area contributed by atoms with E-state index in [1.165, 1.54) is 25.6 Å². The summed E-state index contributed by atoms with van der Waals surface area (Å²) in [4.78, 5) is 12.5. The Labute approximate surface area is 91.1 Å². The maximum absolute atomic E-state index is 11.3. The predicted octanol–water partition coefficient (Wildman–Crippen LogP) is 2.81. The first-order valence-electron chi connectivity index (χ1n) is 3.50. The van der Waals surface area contributed by atoms with Crippen LogP contribution in [0, 0.1) is 3.95 Å². The van der Waals surface area contributed by atoms with E-state index < -0.39 is 0 Å². The van der Waals surface area contributed by atoms with Crippen molar-refractivity contribution in [2.45, 2.75) is 6.54 Å². The number of hydrogen-bond acceptors (Lipinski definition) is 5. The molecular weight excluding hydrogens is 242 g/mol. The molecular formula is C7H5NOS4. The molecule has 0 atom stereocenters. The van der Waals surface area contributed by atoms with Crippen LogP contribution in [0.15, 0.2) is 22.3 Å². The number of rotatable bonds is 2. The lowest BCUT2D eigenvalue weighted by Crippen LogP contribution is -2.12. The van der Waals surface area contributed by atoms with Crippen LogP contribution in [0.1, 0.15) is 4.88 Å². The molecule has 0 N–H and O–H groups in total. The van der Waals surface area contributed by atoms with Gasteiger partial charge in [0.25, 0.3) is 0 Å². The van der Waals surface area contributed by atoms with Crippen molar-refractivity contribution in [1.82, 2.24) is 4.57 Å². The van der Waals surface area contributed by atoms with Crippen molar-refractivity contribution >= 4 is 44.2 Å². The van der Waals surface area contributed by atoms with Gasteiger partial charge in [-0.3, -0.25) is 9.36 Å². The SMILES string of the molecule is O=c1ssc(=S)n1Cc1cccs1. The van der Waals surface area contributed by atoms with Crippen LogP contribution in [-0.2, 0) is 6.54 Å². The maximum atomic E-state index is 11.3. The van der Waals surface area contributed by atoms with Gasteiger partial charge in [0.15, 0.2) is 3.95 Å². The molecule has 0 aliphatic heterocycles. The summed E-state index contributed by atoms with van der Waals surface area (Å²) in [6, 6.07) is 3.98. The number of hydrogen-bond donors (Lipinski definition) is 0. The lowest BCUT2D eigenvalue weighted by atomic mass is 10.5. The second-order valence-electron chi connectivity index (χ2n) is 2.36. The van der Waals surface area contributed by atoms with E-state index in [4.69, 9.17) is 12.2 Å². The fourth-order valence-corrected chi connectivity index (χ4v) is 3.78. The van der Waals surface area contributed by atoms with E-state index in [9.17, 15) is 4.79 Å². The van der Waals surface area contributed by atoms with E-state index in [0.29, 0.717) is 10.5 Å². The zero-order valence-electron chi connectivity index (χ0n) is 6.43. The van der Waals surface area contributed by atoms with Gasteiger partial charge in [0.1, 0.15) is 0 Å². The van der Waals surface area contributed by atoms with Crippen molar-refractivity contribution in [2.75, 3.05) is 0 Å². The summed E-state index contributed by atoms with van der Waals surface area (Å²) in [5.74, 6) is 0. The minimum atomic E-state index is 0.0448. The lowest BCUT2D eigenvalue weighted by molar-refractivity contribution is 0.792. The maximum Gasteiger partial charge on any atom is 0.319 e. The van der Waals surface area contributed by atoms with E-state index in [2.05, 4.69) is 0 Å². The van der Waals surface area contributed by atoms with Gasteiger partial charge in [-0.2, -0.15) is 0 Å². The van der Waals surface area contributed by atoms with Crippen LogP contribution in [0.2, 0.25) is 0 Å². The molecule has 68 valence electrons. The molecule has 0 bridgehead atoms. The van der Waals surface area contributed by atoms with Crippen molar-refractivity contribution < 1.29 is 0 Å². The van der Waals surface area contributed by atoms with Gasteiger partial charge in [0, 0.05) is 4.88 Å². The average Bonchev–Trinajstić information content (AvgIpc) is 2.70. The van der Waals surface area contributed by atoms with E-state index >= 15 is 0 Å². The molecule has 6 heteroatoms. The topological polar surface area (TPSA) is 22.0 Å². The van der Waals surface area contributed by atoms with Crippen LogP contribution < -0.4 is 4.87 Å². The van der Waals surface area contributed by atoms with Crippen molar-refractivity contribution in [1.29, 1.82) is 0 Å². The molecule has 2 aromatic heterocycles. The zero-order valence-corrected chi connectivity index (χ0v) is 9.69. The van der Waals surface area contributed by atoms with Crippen LogP contribution in [0.4, 0.5) is 0 Å². The molecule has 0 aliphatic rings. The second kappa shape index (κ2) is 3.83. The Morgan fingerprint density at radius 2 is 2.31 bits per heavy atom. The van der Waals surface area contributed by atoms with Crippen LogP contribution in [0.25, 0.3) is 0 Å². The molecule has 0 aliphatic carbocycles. The molecule has 2 rings (SSSR count). The third-order valence-corrected chi connectivity index (χ3v) is 5.13. The highest BCUT2D eigenvalue weighted by Gasteiger charge is 2.02. The molecule has 0 fully saturated rings. The summed E-state index contributed by atoms with van der Waals surface area (Å²) in [6.45, 7) is 0.620. The van der Waals surface area contributed by atoms with Gasteiger partial charge in [-0.05, 0) is 44.3 Å². The van der Waals surface area contributed by atoms with Crippen LogP contribution >= 0.6 is 44.2 Å². The Kier molecular flexibility index (Phi) is 2.73. The largest absolute Gasteiger partial charge is 0.319 e. The summed E-state index contributed by atoms with van der Waals surface area (Å²) >= 11 is 6.68. The molecule has 0 spiro atoms. The smallest absolute Gasteiger partial charge is 0.276 e. The van der Waals surface area contributed by atoms with E-state index in [1.807, 2.05) is 17.5 Å². The summed E-state index contributed by atoms with van der Waals surface area (Å²) in [5, 5.41) is 2.00. The van der Waals surface area contributed by atoms with Gasteiger partial charge in [0.2, 0.25) is 0 Å².